The number of benzene rings is 1. The molecule has 1 saturated carbocycles. The van der Waals surface area contributed by atoms with Crippen LogP contribution in [0.1, 0.15) is 94.9 Å². The minimum Gasteiger partial charge on any atom is -0.353 e. The molecule has 30 heteroatoms. The van der Waals surface area contributed by atoms with E-state index < -0.39 is 63.9 Å². The standard InChI is InChI=1S/C20H25ClN6OS.C20H24ClN5OS.C11H6Cl2N4.C10H11IO4.C10H20OS.CH4/c1-13-8-15(12-29(3,22)28)14(2)26(10-13)19-6-7-23-20(25-19)17-9-24-18-5-4-16(21)11-27(17)18;1-13-8-15(12-28(3)27)14(2)25(10-13)19-6-7-22-20(24-19)17-9-23-18-5-4-16(21)11-26(17)18;12-7-1-2-10-15-5-8(17(10)6-7)11-14-4-3-9(13)16-11;1-8(12)14-11(15-9(2)13)10-6-4-3-5-7-10;1-8-4-5-9(2)10(6-8)7-12(3)11;/h4-7,9,11,13-15,22H,8,10,12H2,1-3H3;4-7,9,11,13-15H,8,10,12H2,1-3H3;1-6H;3-7H,1-2H3;8-10H,4-7H2,1-3H3;1H4. The van der Waals surface area contributed by atoms with Crippen LogP contribution in [-0.2, 0) is 47.0 Å². The molecule has 548 valence electrons. The first-order valence-electron chi connectivity index (χ1n) is 33.1. The number of carbonyl (C=O) groups excluding carboxylic acids is 2. The second-order valence-electron chi connectivity index (χ2n) is 26.3. The molecule has 13 rings (SSSR count). The van der Waals surface area contributed by atoms with Crippen LogP contribution in [0.4, 0.5) is 11.6 Å². The van der Waals surface area contributed by atoms with Crippen LogP contribution >= 0.6 is 67.1 Å². The van der Waals surface area contributed by atoms with Gasteiger partial charge in [0.2, 0.25) is 0 Å². The van der Waals surface area contributed by atoms with Crippen LogP contribution in [0.2, 0.25) is 20.2 Å². The number of carbonyl (C=O) groups is 2. The monoisotopic (exact) mass is 1640 g/mol. The van der Waals surface area contributed by atoms with Gasteiger partial charge in [-0.25, -0.2) is 44.9 Å². The molecule has 12 unspecified atom stereocenters. The van der Waals surface area contributed by atoms with E-state index in [0.29, 0.717) is 61.2 Å². The first-order chi connectivity index (χ1) is 48.0. The molecular weight excluding hydrogens is 1550 g/mol. The Balaban J connectivity index is 0.000000168. The van der Waals surface area contributed by atoms with E-state index in [1.807, 2.05) is 86.4 Å². The molecule has 0 spiro atoms. The zero-order valence-corrected chi connectivity index (χ0v) is 65.9. The SMILES string of the molecule is C.CC(=O)OI(OC(C)=O)c1ccccc1.CC1CC(CS(C)(=N)=O)C(C)N(c2ccnc(-c3cnc4ccc(Cl)cn34)n2)C1.CC1CC(CS(C)=O)C(C)N(c2ccnc(-c3cnc4ccc(Cl)cn34)n2)C1.CC1CCC(C)C(CS(C)=O)C1.Clc1ccc2ncc(-c3nccc(Cl)n3)n2c1. The quantitative estimate of drug-likeness (QED) is 0.0783. The summed E-state index contributed by atoms with van der Waals surface area (Å²) in [6.45, 7) is 17.8. The van der Waals surface area contributed by atoms with E-state index in [1.165, 1.54) is 39.4 Å². The molecule has 1 N–H and O–H groups in total. The molecule has 0 radical (unpaired) electrons. The fraction of sp³-hybridized carbons (Fsp3) is 0.431. The Hall–Kier alpha value is -6.79. The number of imidazole rings is 3. The maximum atomic E-state index is 12.1. The first kappa shape index (κ1) is 80.9. The molecule has 3 fully saturated rings. The predicted molar refractivity (Wildman–Crippen MR) is 421 cm³/mol. The second-order valence-corrected chi connectivity index (χ2v) is 36.6. The molecule has 0 amide bonds. The number of hydrogen-bond acceptors (Lipinski definition) is 19. The van der Waals surface area contributed by atoms with Gasteiger partial charge < -0.3 is 9.80 Å². The Morgan fingerprint density at radius 1 is 0.549 bits per heavy atom. The third-order valence-electron chi connectivity index (χ3n) is 17.7. The van der Waals surface area contributed by atoms with Gasteiger partial charge >= 0.3 is 96.1 Å². The Morgan fingerprint density at radius 2 is 0.951 bits per heavy atom. The Labute approximate surface area is 631 Å². The van der Waals surface area contributed by atoms with E-state index in [0.717, 1.165) is 104 Å². The molecule has 1 aliphatic carbocycles. The molecule has 0 bridgehead atoms. The number of aromatic nitrogens is 12. The van der Waals surface area contributed by atoms with Crippen molar-refractivity contribution >= 4 is 139 Å². The fourth-order valence-corrected chi connectivity index (χ4v) is 19.6. The number of rotatable bonds is 14. The topological polar surface area (TPSA) is 263 Å². The van der Waals surface area contributed by atoms with Crippen LogP contribution in [0.15, 0.2) is 141 Å². The van der Waals surface area contributed by atoms with Crippen molar-refractivity contribution in [2.75, 3.05) is 58.9 Å². The molecule has 3 aliphatic rings. The summed E-state index contributed by atoms with van der Waals surface area (Å²) < 4.78 is 59.3. The van der Waals surface area contributed by atoms with Crippen molar-refractivity contribution in [3.63, 3.8) is 0 Å². The van der Waals surface area contributed by atoms with Crippen molar-refractivity contribution in [1.82, 2.24) is 58.1 Å². The summed E-state index contributed by atoms with van der Waals surface area (Å²) >= 11 is 21.5. The maximum absolute atomic E-state index is 12.1. The molecule has 2 saturated heterocycles. The number of fused-ring (bicyclic) bond motifs is 3. The van der Waals surface area contributed by atoms with E-state index in [4.69, 9.17) is 67.3 Å². The number of pyridine rings is 3. The van der Waals surface area contributed by atoms with Gasteiger partial charge in [0.1, 0.15) is 50.8 Å². The van der Waals surface area contributed by atoms with Gasteiger partial charge in [-0.3, -0.25) is 30.6 Å². The van der Waals surface area contributed by atoms with Crippen molar-refractivity contribution in [2.45, 2.75) is 107 Å². The average Bonchev–Trinajstić information content (AvgIpc) is 1.46. The Kier molecular flexibility index (Phi) is 29.5. The van der Waals surface area contributed by atoms with Crippen LogP contribution in [0.25, 0.3) is 51.5 Å². The summed E-state index contributed by atoms with van der Waals surface area (Å²) in [6.07, 6.45) is 27.0. The van der Waals surface area contributed by atoms with E-state index in [2.05, 4.69) is 86.2 Å². The van der Waals surface area contributed by atoms with Crippen molar-refractivity contribution in [3.05, 3.63) is 164 Å². The molecule has 10 aromatic rings. The summed E-state index contributed by atoms with van der Waals surface area (Å²) in [6, 6.07) is 25.9. The van der Waals surface area contributed by atoms with Crippen LogP contribution in [0.3, 0.4) is 0 Å². The molecule has 22 nitrogen and oxygen atoms in total. The van der Waals surface area contributed by atoms with Gasteiger partial charge in [-0.1, -0.05) is 94.4 Å². The minimum absolute atomic E-state index is 0. The molecule has 9 aromatic heterocycles. The summed E-state index contributed by atoms with van der Waals surface area (Å²) in [5, 5.41) is 2.27. The number of halogens is 5. The minimum atomic E-state index is -2.59. The van der Waals surface area contributed by atoms with Gasteiger partial charge in [0.05, 0.1) is 33.7 Å². The summed E-state index contributed by atoms with van der Waals surface area (Å²) in [5.41, 5.74) is 4.72. The molecule has 11 heterocycles. The second kappa shape index (κ2) is 37.3. The normalized spacial score (nSPS) is 21.5. The van der Waals surface area contributed by atoms with Crippen molar-refractivity contribution in [1.29, 1.82) is 4.78 Å². The van der Waals surface area contributed by atoms with E-state index in [1.54, 1.807) is 80.0 Å². The third kappa shape index (κ3) is 22.6. The Bertz CT molecular complexity index is 4620. The van der Waals surface area contributed by atoms with Gasteiger partial charge in [0, 0.05) is 130 Å². The predicted octanol–water partition coefficient (Wildman–Crippen LogP) is 16.1. The van der Waals surface area contributed by atoms with Gasteiger partial charge in [-0.05, 0) is 129 Å². The number of nitrogens with one attached hydrogen (secondary N) is 1. The van der Waals surface area contributed by atoms with Crippen molar-refractivity contribution in [3.8, 4) is 34.6 Å². The zero-order valence-electron chi connectivity index (χ0n) is 58.3. The number of hydrogen-bond donors (Lipinski definition) is 1. The molecular formula is C72H90Cl4IN15O7S3. The molecule has 102 heavy (non-hydrogen) atoms. The van der Waals surface area contributed by atoms with Crippen LogP contribution < -0.4 is 9.80 Å². The van der Waals surface area contributed by atoms with Gasteiger partial charge in [0.25, 0.3) is 0 Å². The van der Waals surface area contributed by atoms with Crippen LogP contribution in [0.5, 0.6) is 0 Å². The first-order valence-corrected chi connectivity index (χ1v) is 43.0. The van der Waals surface area contributed by atoms with Crippen molar-refractivity contribution < 1.29 is 28.3 Å². The summed E-state index contributed by atoms with van der Waals surface area (Å²) in [4.78, 5) is 66.3. The average molecular weight is 1640 g/mol. The van der Waals surface area contributed by atoms with E-state index in [9.17, 15) is 22.2 Å². The van der Waals surface area contributed by atoms with E-state index in [-0.39, 0.29) is 25.4 Å². The number of piperidine rings is 2. The van der Waals surface area contributed by atoms with Gasteiger partial charge in [-0.2, -0.15) is 0 Å². The van der Waals surface area contributed by atoms with Crippen molar-refractivity contribution in [2.24, 2.45) is 41.4 Å². The maximum Gasteiger partial charge on any atom is 0.180 e. The number of nitrogens with zero attached hydrogens (tertiary/aromatic N) is 14. The summed E-state index contributed by atoms with van der Waals surface area (Å²) in [7, 11) is -3.94. The molecule has 1 aromatic carbocycles. The third-order valence-corrected chi connectivity index (χ3v) is 25.2. The zero-order chi connectivity index (χ0) is 72.8. The van der Waals surface area contributed by atoms with E-state index >= 15 is 0 Å². The number of anilines is 2. The van der Waals surface area contributed by atoms with Crippen LogP contribution in [0, 0.1) is 49.8 Å². The van der Waals surface area contributed by atoms with Crippen LogP contribution in [-0.4, -0.2) is 144 Å². The van der Waals surface area contributed by atoms with Gasteiger partial charge in [-0.15, -0.1) is 0 Å². The smallest absolute Gasteiger partial charge is 0.180 e. The fourth-order valence-electron chi connectivity index (χ4n) is 12.9. The molecule has 2 aliphatic heterocycles. The summed E-state index contributed by atoms with van der Waals surface area (Å²) in [5.74, 6) is 8.59. The Morgan fingerprint density at radius 3 is 1.37 bits per heavy atom. The molecule has 12 atom stereocenters. The van der Waals surface area contributed by atoms with Gasteiger partial charge in [0.15, 0.2) is 17.5 Å². The largest absolute Gasteiger partial charge is 0.353 e.